The van der Waals surface area contributed by atoms with Crippen LogP contribution in [0.4, 0.5) is 0 Å². The van der Waals surface area contributed by atoms with E-state index in [0.717, 1.165) is 19.3 Å². The highest BCUT2D eigenvalue weighted by Crippen LogP contribution is 2.26. The van der Waals surface area contributed by atoms with Gasteiger partial charge in [0.05, 0.1) is 0 Å². The molecule has 2 fully saturated rings. The molecule has 3 unspecified atom stereocenters. The predicted octanol–water partition coefficient (Wildman–Crippen LogP) is -0.623. The Hall–Kier alpha value is -1.43. The first kappa shape index (κ1) is 13.0. The van der Waals surface area contributed by atoms with E-state index in [1.807, 2.05) is 0 Å². The predicted molar refractivity (Wildman–Crippen MR) is 64.3 cm³/mol. The first-order valence-electron chi connectivity index (χ1n) is 6.38. The van der Waals surface area contributed by atoms with Crippen LogP contribution in [-0.4, -0.2) is 41.2 Å². The zero-order valence-electron chi connectivity index (χ0n) is 10.5. The smallest absolute Gasteiger partial charge is 0.249 e. The highest BCUT2D eigenvalue weighted by molar-refractivity contribution is 6.04. The number of carbonyl (C=O) groups excluding carboxylic acids is 3. The molecule has 3 atom stereocenters. The monoisotopic (exact) mass is 253 g/mol. The van der Waals surface area contributed by atoms with Gasteiger partial charge in [0.1, 0.15) is 12.6 Å². The Morgan fingerprint density at radius 1 is 1.39 bits per heavy atom. The number of carbonyl (C=O) groups is 3. The van der Waals surface area contributed by atoms with E-state index in [4.69, 9.17) is 5.73 Å². The summed E-state index contributed by atoms with van der Waals surface area (Å²) in [6.07, 6.45) is 3.32. The van der Waals surface area contributed by atoms with Crippen LogP contribution in [0.25, 0.3) is 0 Å². The largest absolute Gasteiger partial charge is 0.328 e. The van der Waals surface area contributed by atoms with E-state index < -0.39 is 17.9 Å². The Balaban J connectivity index is 2.07. The van der Waals surface area contributed by atoms with Crippen molar-refractivity contribution >= 4 is 17.7 Å². The van der Waals surface area contributed by atoms with Crippen LogP contribution >= 0.6 is 0 Å². The van der Waals surface area contributed by atoms with Crippen LogP contribution < -0.4 is 11.1 Å². The van der Waals surface area contributed by atoms with Gasteiger partial charge in [-0.3, -0.25) is 19.7 Å². The maximum absolute atomic E-state index is 12.3. The summed E-state index contributed by atoms with van der Waals surface area (Å²) in [5, 5.41) is 2.23. The Morgan fingerprint density at radius 3 is 2.78 bits per heavy atom. The number of nitrogens with two attached hydrogens (primary N) is 1. The maximum atomic E-state index is 12.3. The third-order valence-electron chi connectivity index (χ3n) is 3.77. The van der Waals surface area contributed by atoms with E-state index in [9.17, 15) is 14.4 Å². The molecule has 18 heavy (non-hydrogen) atoms. The van der Waals surface area contributed by atoms with E-state index >= 15 is 0 Å². The van der Waals surface area contributed by atoms with Crippen LogP contribution in [0.2, 0.25) is 0 Å². The SMILES string of the molecule is CC1C(=O)NC(=O)CN1C(=O)C1CCCC(N)C1. The number of nitrogens with zero attached hydrogens (tertiary/aromatic N) is 1. The third-order valence-corrected chi connectivity index (χ3v) is 3.77. The van der Waals surface area contributed by atoms with Crippen molar-refractivity contribution in [1.29, 1.82) is 0 Å². The second-order valence-corrected chi connectivity index (χ2v) is 5.18. The second-order valence-electron chi connectivity index (χ2n) is 5.18. The Bertz CT molecular complexity index is 383. The topological polar surface area (TPSA) is 92.5 Å². The lowest BCUT2D eigenvalue weighted by Gasteiger charge is -2.36. The Kier molecular flexibility index (Phi) is 3.65. The summed E-state index contributed by atoms with van der Waals surface area (Å²) in [5.74, 6) is -1.07. The lowest BCUT2D eigenvalue weighted by Crippen LogP contribution is -2.60. The number of hydrogen-bond donors (Lipinski definition) is 2. The summed E-state index contributed by atoms with van der Waals surface area (Å²) in [6.45, 7) is 1.61. The molecule has 1 saturated heterocycles. The van der Waals surface area contributed by atoms with Crippen molar-refractivity contribution in [2.75, 3.05) is 6.54 Å². The Morgan fingerprint density at radius 2 is 2.11 bits per heavy atom. The summed E-state index contributed by atoms with van der Waals surface area (Å²) in [5.41, 5.74) is 5.86. The van der Waals surface area contributed by atoms with Crippen LogP contribution in [0.5, 0.6) is 0 Å². The lowest BCUT2D eigenvalue weighted by molar-refractivity contribution is -0.152. The molecule has 3 amide bonds. The number of piperazine rings is 1. The van der Waals surface area contributed by atoms with Crippen molar-refractivity contribution < 1.29 is 14.4 Å². The molecule has 6 nitrogen and oxygen atoms in total. The van der Waals surface area contributed by atoms with E-state index in [1.165, 1.54) is 4.90 Å². The molecule has 100 valence electrons. The van der Waals surface area contributed by atoms with Gasteiger partial charge in [0.15, 0.2) is 0 Å². The molecule has 0 radical (unpaired) electrons. The zero-order chi connectivity index (χ0) is 13.3. The molecule has 3 N–H and O–H groups in total. The summed E-state index contributed by atoms with van der Waals surface area (Å²) >= 11 is 0. The molecule has 1 aliphatic heterocycles. The van der Waals surface area contributed by atoms with Gasteiger partial charge in [-0.2, -0.15) is 0 Å². The molecular formula is C12H19N3O3. The number of hydrogen-bond acceptors (Lipinski definition) is 4. The van der Waals surface area contributed by atoms with Crippen LogP contribution in [0.3, 0.4) is 0 Å². The van der Waals surface area contributed by atoms with Gasteiger partial charge in [0, 0.05) is 12.0 Å². The molecule has 1 saturated carbocycles. The first-order valence-corrected chi connectivity index (χ1v) is 6.38. The standard InChI is InChI=1S/C12H19N3O3/c1-7-11(17)14-10(16)6-15(7)12(18)8-3-2-4-9(13)5-8/h7-9H,2-6,13H2,1H3,(H,14,16,17). The van der Waals surface area contributed by atoms with Crippen molar-refractivity contribution in [2.24, 2.45) is 11.7 Å². The van der Waals surface area contributed by atoms with Crippen LogP contribution in [0.15, 0.2) is 0 Å². The van der Waals surface area contributed by atoms with E-state index in [1.54, 1.807) is 6.92 Å². The minimum absolute atomic E-state index is 0.0303. The van der Waals surface area contributed by atoms with Gasteiger partial charge < -0.3 is 10.6 Å². The fourth-order valence-electron chi connectivity index (χ4n) is 2.67. The highest BCUT2D eigenvalue weighted by atomic mass is 16.2. The first-order chi connectivity index (χ1) is 8.49. The molecule has 0 aromatic heterocycles. The van der Waals surface area contributed by atoms with Crippen molar-refractivity contribution in [3.63, 3.8) is 0 Å². The molecule has 0 aromatic rings. The number of rotatable bonds is 1. The molecule has 0 bridgehead atoms. The quantitative estimate of drug-likeness (QED) is 0.609. The van der Waals surface area contributed by atoms with Gasteiger partial charge in [0.2, 0.25) is 17.7 Å². The van der Waals surface area contributed by atoms with Crippen LogP contribution in [-0.2, 0) is 14.4 Å². The minimum Gasteiger partial charge on any atom is -0.328 e. The van der Waals surface area contributed by atoms with Gasteiger partial charge in [-0.25, -0.2) is 0 Å². The van der Waals surface area contributed by atoms with Gasteiger partial charge in [-0.1, -0.05) is 6.42 Å². The molecule has 1 heterocycles. The van der Waals surface area contributed by atoms with Crippen molar-refractivity contribution in [3.8, 4) is 0 Å². The molecule has 0 spiro atoms. The van der Waals surface area contributed by atoms with Crippen molar-refractivity contribution in [3.05, 3.63) is 0 Å². The molecular weight excluding hydrogens is 234 g/mol. The van der Waals surface area contributed by atoms with Crippen molar-refractivity contribution in [2.45, 2.75) is 44.7 Å². The summed E-state index contributed by atoms with van der Waals surface area (Å²) in [7, 11) is 0. The van der Waals surface area contributed by atoms with E-state index in [0.29, 0.717) is 6.42 Å². The van der Waals surface area contributed by atoms with Crippen LogP contribution in [0.1, 0.15) is 32.6 Å². The fourth-order valence-corrected chi connectivity index (χ4v) is 2.67. The summed E-state index contributed by atoms with van der Waals surface area (Å²) in [4.78, 5) is 36.6. The molecule has 0 aromatic carbocycles. The summed E-state index contributed by atoms with van der Waals surface area (Å²) in [6, 6.07) is -0.523. The molecule has 1 aliphatic carbocycles. The van der Waals surface area contributed by atoms with E-state index in [-0.39, 0.29) is 24.4 Å². The van der Waals surface area contributed by atoms with Gasteiger partial charge >= 0.3 is 0 Å². The van der Waals surface area contributed by atoms with Gasteiger partial charge in [-0.15, -0.1) is 0 Å². The third kappa shape index (κ3) is 2.53. The van der Waals surface area contributed by atoms with Gasteiger partial charge in [-0.05, 0) is 26.2 Å². The molecule has 6 heteroatoms. The molecule has 2 aliphatic rings. The number of amides is 3. The fraction of sp³-hybridized carbons (Fsp3) is 0.750. The average molecular weight is 253 g/mol. The van der Waals surface area contributed by atoms with Crippen molar-refractivity contribution in [1.82, 2.24) is 10.2 Å². The molecule has 2 rings (SSSR count). The lowest BCUT2D eigenvalue weighted by atomic mass is 9.85. The second kappa shape index (κ2) is 5.06. The Labute approximate surface area is 106 Å². The number of imide groups is 1. The minimum atomic E-state index is -0.576. The maximum Gasteiger partial charge on any atom is 0.249 e. The zero-order valence-corrected chi connectivity index (χ0v) is 10.5. The van der Waals surface area contributed by atoms with Crippen LogP contribution in [0, 0.1) is 5.92 Å². The number of nitrogens with one attached hydrogen (secondary N) is 1. The van der Waals surface area contributed by atoms with Gasteiger partial charge in [0.25, 0.3) is 0 Å². The highest BCUT2D eigenvalue weighted by Gasteiger charge is 2.37. The van der Waals surface area contributed by atoms with E-state index in [2.05, 4.69) is 5.32 Å². The normalized spacial score (nSPS) is 33.2. The summed E-state index contributed by atoms with van der Waals surface area (Å²) < 4.78 is 0. The average Bonchev–Trinajstić information content (AvgIpc) is 2.33.